The van der Waals surface area contributed by atoms with E-state index in [0.29, 0.717) is 17.2 Å². The van der Waals surface area contributed by atoms with Crippen molar-refractivity contribution in [3.63, 3.8) is 0 Å². The first-order chi connectivity index (χ1) is 12.5. The van der Waals surface area contributed by atoms with Crippen molar-refractivity contribution in [2.24, 2.45) is 0 Å². The highest BCUT2D eigenvalue weighted by Gasteiger charge is 2.22. The first kappa shape index (κ1) is 18.1. The number of ether oxygens (including phenoxy) is 1. The van der Waals surface area contributed by atoms with Gasteiger partial charge in [-0.1, -0.05) is 42.5 Å². The number of amides is 1. The average molecular weight is 367 g/mol. The Morgan fingerprint density at radius 3 is 2.58 bits per heavy atom. The van der Waals surface area contributed by atoms with Crippen molar-refractivity contribution in [2.75, 3.05) is 11.9 Å². The Labute approximate surface area is 156 Å². The van der Waals surface area contributed by atoms with Crippen LogP contribution in [0.15, 0.2) is 42.5 Å². The number of nitrogens with one attached hydrogen (secondary N) is 1. The first-order valence-corrected chi connectivity index (χ1v) is 9.36. The quantitative estimate of drug-likeness (QED) is 0.654. The topological polar surface area (TPSA) is 55.4 Å². The van der Waals surface area contributed by atoms with E-state index >= 15 is 0 Å². The predicted octanol–water partition coefficient (Wildman–Crippen LogP) is 4.88. The lowest BCUT2D eigenvalue weighted by Gasteiger charge is -2.09. The van der Waals surface area contributed by atoms with Crippen LogP contribution in [0.3, 0.4) is 0 Å². The maximum atomic E-state index is 12.6. The minimum absolute atomic E-state index is 0.145. The van der Waals surface area contributed by atoms with Crippen LogP contribution < -0.4 is 5.32 Å². The Hall–Kier alpha value is -2.66. The minimum Gasteiger partial charge on any atom is -0.462 e. The molecular formula is C21H21NO3S. The molecular weight excluding hydrogens is 346 g/mol. The van der Waals surface area contributed by atoms with Crippen molar-refractivity contribution in [3.05, 3.63) is 64.0 Å². The van der Waals surface area contributed by atoms with Gasteiger partial charge in [-0.25, -0.2) is 4.79 Å². The van der Waals surface area contributed by atoms with Gasteiger partial charge in [0.2, 0.25) is 5.91 Å². The van der Waals surface area contributed by atoms with Gasteiger partial charge >= 0.3 is 5.97 Å². The second-order valence-electron chi connectivity index (χ2n) is 6.07. The molecule has 0 atom stereocenters. The largest absolute Gasteiger partial charge is 0.462 e. The number of rotatable bonds is 5. The molecule has 0 saturated heterocycles. The fraction of sp³-hybridized carbons (Fsp3) is 0.238. The molecule has 1 amide bonds. The molecule has 3 aromatic rings. The van der Waals surface area contributed by atoms with Crippen LogP contribution >= 0.6 is 11.3 Å². The summed E-state index contributed by atoms with van der Waals surface area (Å²) >= 11 is 1.40. The Balaban J connectivity index is 1.84. The lowest BCUT2D eigenvalue weighted by molar-refractivity contribution is -0.115. The van der Waals surface area contributed by atoms with Gasteiger partial charge in [0.15, 0.2) is 0 Å². The molecule has 0 bridgehead atoms. The molecule has 0 spiro atoms. The van der Waals surface area contributed by atoms with Crippen molar-refractivity contribution >= 4 is 39.0 Å². The molecule has 1 heterocycles. The number of thiophene rings is 1. The predicted molar refractivity (Wildman–Crippen MR) is 106 cm³/mol. The second kappa shape index (κ2) is 7.70. The van der Waals surface area contributed by atoms with Crippen molar-refractivity contribution < 1.29 is 14.3 Å². The zero-order valence-corrected chi connectivity index (χ0v) is 15.9. The highest BCUT2D eigenvalue weighted by atomic mass is 32.1. The van der Waals surface area contributed by atoms with Gasteiger partial charge in [0, 0.05) is 4.88 Å². The third-order valence-corrected chi connectivity index (χ3v) is 5.47. The van der Waals surface area contributed by atoms with Gasteiger partial charge < -0.3 is 10.1 Å². The van der Waals surface area contributed by atoms with Crippen LogP contribution in [0.5, 0.6) is 0 Å². The summed E-state index contributed by atoms with van der Waals surface area (Å²) in [7, 11) is 0. The molecule has 0 aliphatic rings. The molecule has 0 fully saturated rings. The summed E-state index contributed by atoms with van der Waals surface area (Å²) in [5.74, 6) is -0.539. The summed E-state index contributed by atoms with van der Waals surface area (Å²) in [6.45, 7) is 5.88. The van der Waals surface area contributed by atoms with E-state index in [2.05, 4.69) is 5.32 Å². The van der Waals surface area contributed by atoms with Crippen LogP contribution in [-0.4, -0.2) is 18.5 Å². The second-order valence-corrected chi connectivity index (χ2v) is 7.30. The lowest BCUT2D eigenvalue weighted by atomic mass is 10.0. The SMILES string of the molecule is CCOC(=O)c1c(NC(=O)Cc2cccc3ccccc23)sc(C)c1C. The highest BCUT2D eigenvalue weighted by molar-refractivity contribution is 7.16. The molecule has 0 saturated carbocycles. The standard InChI is InChI=1S/C21H21NO3S/c1-4-25-21(24)19-13(2)14(3)26-20(19)22-18(23)12-16-10-7-9-15-8-5-6-11-17(15)16/h5-11H,4,12H2,1-3H3,(H,22,23). The molecule has 5 heteroatoms. The van der Waals surface area contributed by atoms with Gasteiger partial charge in [-0.3, -0.25) is 4.79 Å². The van der Waals surface area contributed by atoms with E-state index in [0.717, 1.165) is 26.8 Å². The summed E-state index contributed by atoms with van der Waals surface area (Å²) in [5.41, 5.74) is 2.28. The molecule has 4 nitrogen and oxygen atoms in total. The van der Waals surface area contributed by atoms with Crippen molar-refractivity contribution in [2.45, 2.75) is 27.2 Å². The van der Waals surface area contributed by atoms with Gasteiger partial charge in [0.1, 0.15) is 5.00 Å². The summed E-state index contributed by atoms with van der Waals surface area (Å²) in [6.07, 6.45) is 0.250. The van der Waals surface area contributed by atoms with Gasteiger partial charge in [0.05, 0.1) is 18.6 Å². The molecule has 0 unspecified atom stereocenters. The Morgan fingerprint density at radius 2 is 1.81 bits per heavy atom. The lowest BCUT2D eigenvalue weighted by Crippen LogP contribution is -2.16. The van der Waals surface area contributed by atoms with Gasteiger partial charge in [0.25, 0.3) is 0 Å². The maximum absolute atomic E-state index is 12.6. The highest BCUT2D eigenvalue weighted by Crippen LogP contribution is 2.33. The van der Waals surface area contributed by atoms with E-state index in [1.54, 1.807) is 6.92 Å². The first-order valence-electron chi connectivity index (χ1n) is 8.54. The number of carbonyl (C=O) groups is 2. The molecule has 1 N–H and O–H groups in total. The van der Waals surface area contributed by atoms with E-state index in [1.807, 2.05) is 56.3 Å². The number of aryl methyl sites for hydroxylation is 1. The van der Waals surface area contributed by atoms with Crippen LogP contribution in [0.2, 0.25) is 0 Å². The average Bonchev–Trinajstić information content (AvgIpc) is 2.89. The molecule has 0 aliphatic carbocycles. The molecule has 134 valence electrons. The zero-order valence-electron chi connectivity index (χ0n) is 15.1. The van der Waals surface area contributed by atoms with E-state index in [9.17, 15) is 9.59 Å². The number of benzene rings is 2. The summed E-state index contributed by atoms with van der Waals surface area (Å²) in [5, 5.41) is 5.63. The smallest absolute Gasteiger partial charge is 0.341 e. The van der Waals surface area contributed by atoms with E-state index in [4.69, 9.17) is 4.74 Å². The number of anilines is 1. The number of hydrogen-bond donors (Lipinski definition) is 1. The van der Waals surface area contributed by atoms with Crippen LogP contribution in [0, 0.1) is 13.8 Å². The third-order valence-electron chi connectivity index (χ3n) is 4.35. The number of esters is 1. The maximum Gasteiger partial charge on any atom is 0.341 e. The summed E-state index contributed by atoms with van der Waals surface area (Å²) < 4.78 is 5.14. The summed E-state index contributed by atoms with van der Waals surface area (Å²) in [6, 6.07) is 13.9. The monoisotopic (exact) mass is 367 g/mol. The molecule has 1 aromatic heterocycles. The zero-order chi connectivity index (χ0) is 18.7. The van der Waals surface area contributed by atoms with Crippen LogP contribution in [0.4, 0.5) is 5.00 Å². The molecule has 0 radical (unpaired) electrons. The van der Waals surface area contributed by atoms with E-state index in [-0.39, 0.29) is 12.3 Å². The Kier molecular flexibility index (Phi) is 5.38. The number of carbonyl (C=O) groups excluding carboxylic acids is 2. The van der Waals surface area contributed by atoms with Crippen molar-refractivity contribution in [1.82, 2.24) is 0 Å². The molecule has 26 heavy (non-hydrogen) atoms. The number of hydrogen-bond acceptors (Lipinski definition) is 4. The van der Waals surface area contributed by atoms with E-state index < -0.39 is 5.97 Å². The van der Waals surface area contributed by atoms with Gasteiger partial charge in [-0.15, -0.1) is 11.3 Å². The normalized spacial score (nSPS) is 10.7. The Morgan fingerprint density at radius 1 is 1.08 bits per heavy atom. The summed E-state index contributed by atoms with van der Waals surface area (Å²) in [4.78, 5) is 25.9. The van der Waals surface area contributed by atoms with Crippen LogP contribution in [-0.2, 0) is 16.0 Å². The van der Waals surface area contributed by atoms with Gasteiger partial charge in [-0.05, 0) is 42.7 Å². The molecule has 0 aliphatic heterocycles. The minimum atomic E-state index is -0.394. The molecule has 3 rings (SSSR count). The van der Waals surface area contributed by atoms with Crippen LogP contribution in [0.1, 0.15) is 33.3 Å². The molecule has 2 aromatic carbocycles. The van der Waals surface area contributed by atoms with Crippen molar-refractivity contribution in [3.8, 4) is 0 Å². The Bertz CT molecular complexity index is 969. The van der Waals surface area contributed by atoms with E-state index in [1.165, 1.54) is 11.3 Å². The number of fused-ring (bicyclic) bond motifs is 1. The van der Waals surface area contributed by atoms with Crippen molar-refractivity contribution in [1.29, 1.82) is 0 Å². The van der Waals surface area contributed by atoms with Gasteiger partial charge in [-0.2, -0.15) is 0 Å². The fourth-order valence-electron chi connectivity index (χ4n) is 2.95. The third kappa shape index (κ3) is 3.63. The van der Waals surface area contributed by atoms with Crippen LogP contribution in [0.25, 0.3) is 10.8 Å². The fourth-order valence-corrected chi connectivity index (χ4v) is 4.02.